The highest BCUT2D eigenvalue weighted by atomic mass is 32.1. The van der Waals surface area contributed by atoms with Crippen molar-refractivity contribution in [2.45, 2.75) is 26.7 Å². The second-order valence-electron chi connectivity index (χ2n) is 3.47. The molecule has 2 rings (SSSR count). The van der Waals surface area contributed by atoms with Crippen molar-refractivity contribution >= 4 is 11.3 Å². The van der Waals surface area contributed by atoms with E-state index < -0.39 is 0 Å². The summed E-state index contributed by atoms with van der Waals surface area (Å²) in [6.45, 7) is 6.14. The average molecular weight is 208 g/mol. The van der Waals surface area contributed by atoms with Crippen LogP contribution in [-0.2, 0) is 0 Å². The Morgan fingerprint density at radius 3 is 2.71 bits per heavy atom. The van der Waals surface area contributed by atoms with Crippen molar-refractivity contribution < 1.29 is 0 Å². The maximum absolute atomic E-state index is 4.42. The van der Waals surface area contributed by atoms with Crippen LogP contribution < -0.4 is 0 Å². The van der Waals surface area contributed by atoms with Crippen LogP contribution in [0, 0.1) is 6.92 Å². The molecule has 0 fully saturated rings. The van der Waals surface area contributed by atoms with Crippen LogP contribution in [0.2, 0.25) is 0 Å². The predicted molar refractivity (Wildman–Crippen MR) is 56.3 cm³/mol. The Morgan fingerprint density at radius 1 is 1.43 bits per heavy atom. The molecule has 0 unspecified atom stereocenters. The number of aromatic amines is 1. The van der Waals surface area contributed by atoms with Crippen molar-refractivity contribution in [2.24, 2.45) is 0 Å². The Balaban J connectivity index is 2.39. The van der Waals surface area contributed by atoms with Gasteiger partial charge < -0.3 is 0 Å². The number of nitrogens with one attached hydrogen (secondary N) is 1. The van der Waals surface area contributed by atoms with E-state index in [1.807, 2.05) is 12.4 Å². The van der Waals surface area contributed by atoms with Crippen LogP contribution in [0.25, 0.3) is 10.7 Å². The molecule has 4 nitrogen and oxygen atoms in total. The van der Waals surface area contributed by atoms with Gasteiger partial charge >= 0.3 is 0 Å². The summed E-state index contributed by atoms with van der Waals surface area (Å²) < 4.78 is 0. The van der Waals surface area contributed by atoms with Crippen LogP contribution in [0.15, 0.2) is 5.51 Å². The molecular formula is C9H12N4S. The van der Waals surface area contributed by atoms with E-state index in [4.69, 9.17) is 0 Å². The van der Waals surface area contributed by atoms with Crippen LogP contribution >= 0.6 is 11.3 Å². The number of hydrogen-bond donors (Lipinski definition) is 1. The molecule has 0 spiro atoms. The molecule has 0 aliphatic rings. The molecule has 0 aromatic carbocycles. The molecule has 74 valence electrons. The third-order valence-corrected chi connectivity index (χ3v) is 2.92. The van der Waals surface area contributed by atoms with Gasteiger partial charge in [0.25, 0.3) is 0 Å². The average Bonchev–Trinajstić information content (AvgIpc) is 2.71. The fourth-order valence-electron chi connectivity index (χ4n) is 1.15. The van der Waals surface area contributed by atoms with Crippen molar-refractivity contribution in [3.63, 3.8) is 0 Å². The summed E-state index contributed by atoms with van der Waals surface area (Å²) in [6, 6.07) is 0. The highest BCUT2D eigenvalue weighted by molar-refractivity contribution is 7.13. The molecule has 0 aliphatic carbocycles. The normalized spacial score (nSPS) is 11.1. The maximum atomic E-state index is 4.42. The van der Waals surface area contributed by atoms with Gasteiger partial charge in [-0.25, -0.2) is 9.97 Å². The first kappa shape index (κ1) is 9.33. The van der Waals surface area contributed by atoms with E-state index in [0.717, 1.165) is 22.2 Å². The van der Waals surface area contributed by atoms with Crippen molar-refractivity contribution in [3.8, 4) is 10.7 Å². The standard InChI is InChI=1S/C9H12N4S/c1-5(2)8-11-9(13-12-8)7-6(3)10-4-14-7/h4-5H,1-3H3,(H,11,12,13). The number of hydrogen-bond acceptors (Lipinski definition) is 4. The van der Waals surface area contributed by atoms with E-state index in [1.165, 1.54) is 0 Å². The number of aromatic nitrogens is 4. The Hall–Kier alpha value is -1.23. The molecule has 0 aliphatic heterocycles. The second-order valence-corrected chi connectivity index (χ2v) is 4.32. The first-order valence-electron chi connectivity index (χ1n) is 4.51. The highest BCUT2D eigenvalue weighted by Crippen LogP contribution is 2.24. The molecule has 2 aromatic rings. The van der Waals surface area contributed by atoms with E-state index in [0.29, 0.717) is 5.92 Å². The van der Waals surface area contributed by atoms with E-state index in [9.17, 15) is 0 Å². The molecule has 1 N–H and O–H groups in total. The van der Waals surface area contributed by atoms with E-state index in [1.54, 1.807) is 11.3 Å². The van der Waals surface area contributed by atoms with Crippen LogP contribution in [0.3, 0.4) is 0 Å². The summed E-state index contributed by atoms with van der Waals surface area (Å²) >= 11 is 1.57. The summed E-state index contributed by atoms with van der Waals surface area (Å²) in [5, 5.41) is 7.11. The van der Waals surface area contributed by atoms with Gasteiger partial charge in [0.2, 0.25) is 0 Å². The number of nitrogens with zero attached hydrogens (tertiary/aromatic N) is 3. The molecule has 0 radical (unpaired) electrons. The minimum Gasteiger partial charge on any atom is -0.262 e. The van der Waals surface area contributed by atoms with Gasteiger partial charge in [-0.15, -0.1) is 11.3 Å². The zero-order chi connectivity index (χ0) is 10.1. The first-order valence-corrected chi connectivity index (χ1v) is 5.39. The fraction of sp³-hybridized carbons (Fsp3) is 0.444. The second kappa shape index (κ2) is 3.49. The van der Waals surface area contributed by atoms with Crippen LogP contribution in [-0.4, -0.2) is 20.2 Å². The van der Waals surface area contributed by atoms with Gasteiger partial charge in [0.1, 0.15) is 5.82 Å². The lowest BCUT2D eigenvalue weighted by Crippen LogP contribution is -1.89. The molecule has 5 heteroatoms. The number of H-pyrrole nitrogens is 1. The zero-order valence-corrected chi connectivity index (χ0v) is 9.22. The van der Waals surface area contributed by atoms with Crippen LogP contribution in [0.5, 0.6) is 0 Å². The van der Waals surface area contributed by atoms with E-state index >= 15 is 0 Å². The number of rotatable bonds is 2. The molecule has 2 aromatic heterocycles. The lowest BCUT2D eigenvalue weighted by molar-refractivity contribution is 0.781. The number of thiazole rings is 1. The Bertz CT molecular complexity index is 429. The van der Waals surface area contributed by atoms with Crippen LogP contribution in [0.4, 0.5) is 0 Å². The quantitative estimate of drug-likeness (QED) is 0.824. The monoisotopic (exact) mass is 208 g/mol. The molecule has 14 heavy (non-hydrogen) atoms. The summed E-state index contributed by atoms with van der Waals surface area (Å²) in [6.07, 6.45) is 0. The Morgan fingerprint density at radius 2 is 2.21 bits per heavy atom. The third kappa shape index (κ3) is 1.55. The minimum atomic E-state index is 0.379. The molecule has 0 saturated carbocycles. The van der Waals surface area contributed by atoms with Crippen molar-refractivity contribution in [3.05, 3.63) is 17.0 Å². The topological polar surface area (TPSA) is 54.5 Å². The third-order valence-electron chi connectivity index (χ3n) is 2.00. The molecule has 0 bridgehead atoms. The fourth-order valence-corrected chi connectivity index (χ4v) is 1.89. The van der Waals surface area contributed by atoms with Crippen molar-refractivity contribution in [2.75, 3.05) is 0 Å². The molecule has 0 saturated heterocycles. The Kier molecular flexibility index (Phi) is 2.33. The zero-order valence-electron chi connectivity index (χ0n) is 8.40. The first-order chi connectivity index (χ1) is 6.68. The van der Waals surface area contributed by atoms with E-state index in [-0.39, 0.29) is 0 Å². The van der Waals surface area contributed by atoms with E-state index in [2.05, 4.69) is 34.0 Å². The summed E-state index contributed by atoms with van der Waals surface area (Å²) in [5.74, 6) is 2.06. The summed E-state index contributed by atoms with van der Waals surface area (Å²) in [7, 11) is 0. The van der Waals surface area contributed by atoms with Gasteiger partial charge in [0.15, 0.2) is 5.82 Å². The predicted octanol–water partition coefficient (Wildman–Crippen LogP) is 2.36. The van der Waals surface area contributed by atoms with Gasteiger partial charge in [-0.2, -0.15) is 5.10 Å². The van der Waals surface area contributed by atoms with Crippen molar-refractivity contribution in [1.29, 1.82) is 0 Å². The molecular weight excluding hydrogens is 196 g/mol. The highest BCUT2D eigenvalue weighted by Gasteiger charge is 2.11. The molecule has 0 atom stereocenters. The summed E-state index contributed by atoms with van der Waals surface area (Å²) in [4.78, 5) is 9.64. The SMILES string of the molecule is Cc1ncsc1-c1n[nH]c(C(C)C)n1. The van der Waals surface area contributed by atoms with Crippen LogP contribution in [0.1, 0.15) is 31.3 Å². The van der Waals surface area contributed by atoms with Gasteiger partial charge in [-0.1, -0.05) is 13.8 Å². The van der Waals surface area contributed by atoms with Crippen molar-refractivity contribution in [1.82, 2.24) is 20.2 Å². The smallest absolute Gasteiger partial charge is 0.193 e. The largest absolute Gasteiger partial charge is 0.262 e. The summed E-state index contributed by atoms with van der Waals surface area (Å²) in [5.41, 5.74) is 2.81. The van der Waals surface area contributed by atoms with Gasteiger partial charge in [0.05, 0.1) is 16.1 Å². The number of aryl methyl sites for hydroxylation is 1. The molecule has 2 heterocycles. The maximum Gasteiger partial charge on any atom is 0.193 e. The van der Waals surface area contributed by atoms with Gasteiger partial charge in [0, 0.05) is 5.92 Å². The van der Waals surface area contributed by atoms with Gasteiger partial charge in [-0.05, 0) is 6.92 Å². The Labute approximate surface area is 86.4 Å². The lowest BCUT2D eigenvalue weighted by atomic mass is 10.2. The minimum absolute atomic E-state index is 0.379. The lowest BCUT2D eigenvalue weighted by Gasteiger charge is -1.94. The molecule has 0 amide bonds. The van der Waals surface area contributed by atoms with Gasteiger partial charge in [-0.3, -0.25) is 5.10 Å².